The summed E-state index contributed by atoms with van der Waals surface area (Å²) < 4.78 is 31.7. The fraction of sp³-hybridized carbons (Fsp3) is 0.188. The smallest absolute Gasteiger partial charge is 0.338 e. The fourth-order valence-corrected chi connectivity index (χ4v) is 3.10. The minimum absolute atomic E-state index is 0.0468. The Morgan fingerprint density at radius 1 is 1.13 bits per heavy atom. The average molecular weight is 335 g/mol. The van der Waals surface area contributed by atoms with Crippen LogP contribution in [-0.4, -0.2) is 32.1 Å². The van der Waals surface area contributed by atoms with Crippen LogP contribution in [-0.2, 0) is 14.8 Å². The topological polar surface area (TPSA) is 92.7 Å². The van der Waals surface area contributed by atoms with Crippen molar-refractivity contribution in [2.75, 3.05) is 6.61 Å². The van der Waals surface area contributed by atoms with Crippen LogP contribution >= 0.6 is 0 Å². The molecule has 23 heavy (non-hydrogen) atoms. The highest BCUT2D eigenvalue weighted by Crippen LogP contribution is 2.11. The number of benzene rings is 2. The van der Waals surface area contributed by atoms with Crippen molar-refractivity contribution in [1.82, 2.24) is 4.72 Å². The Labute approximate surface area is 134 Å². The van der Waals surface area contributed by atoms with E-state index < -0.39 is 22.0 Å². The summed E-state index contributed by atoms with van der Waals surface area (Å²) in [5.74, 6) is -0.540. The first kappa shape index (κ1) is 17.0. The van der Waals surface area contributed by atoms with Crippen LogP contribution in [0.3, 0.4) is 0 Å². The molecule has 0 aromatic heterocycles. The van der Waals surface area contributed by atoms with Gasteiger partial charge in [-0.1, -0.05) is 18.2 Å². The number of carbonyl (C=O) groups is 1. The fourth-order valence-electron chi connectivity index (χ4n) is 1.85. The first-order valence-corrected chi connectivity index (χ1v) is 8.40. The van der Waals surface area contributed by atoms with Crippen molar-refractivity contribution in [3.63, 3.8) is 0 Å². The van der Waals surface area contributed by atoms with Crippen molar-refractivity contribution in [3.05, 3.63) is 60.2 Å². The molecule has 0 amide bonds. The summed E-state index contributed by atoms with van der Waals surface area (Å²) in [6.07, 6.45) is 0. The number of rotatable bonds is 6. The molecule has 122 valence electrons. The summed E-state index contributed by atoms with van der Waals surface area (Å²) in [6, 6.07) is 13.0. The van der Waals surface area contributed by atoms with Crippen LogP contribution in [0.4, 0.5) is 0 Å². The second-order valence-corrected chi connectivity index (χ2v) is 6.69. The summed E-state index contributed by atoms with van der Waals surface area (Å²) >= 11 is 0. The van der Waals surface area contributed by atoms with Gasteiger partial charge in [0, 0.05) is 0 Å². The van der Waals surface area contributed by atoms with Crippen LogP contribution in [0.15, 0.2) is 59.5 Å². The van der Waals surface area contributed by atoms with Crippen molar-refractivity contribution in [1.29, 1.82) is 0 Å². The third kappa shape index (κ3) is 4.80. The Bertz CT molecular complexity index is 757. The van der Waals surface area contributed by atoms with Crippen LogP contribution in [0.5, 0.6) is 5.75 Å². The van der Waals surface area contributed by atoms with Gasteiger partial charge >= 0.3 is 5.97 Å². The molecule has 0 fully saturated rings. The number of nitrogens with one attached hydrogen (secondary N) is 1. The zero-order valence-corrected chi connectivity index (χ0v) is 13.3. The van der Waals surface area contributed by atoms with Crippen LogP contribution in [0.1, 0.15) is 17.3 Å². The Morgan fingerprint density at radius 2 is 1.74 bits per heavy atom. The molecule has 0 radical (unpaired) electrons. The van der Waals surface area contributed by atoms with E-state index in [2.05, 4.69) is 4.72 Å². The Hall–Kier alpha value is -2.38. The highest BCUT2D eigenvalue weighted by atomic mass is 32.2. The zero-order valence-electron chi connectivity index (χ0n) is 12.5. The molecule has 2 N–H and O–H groups in total. The van der Waals surface area contributed by atoms with Crippen LogP contribution < -0.4 is 4.72 Å². The molecule has 6 nitrogen and oxygen atoms in total. The number of phenolic OH excluding ortho intramolecular Hbond substituents is 1. The number of carbonyl (C=O) groups excluding carboxylic acids is 1. The van der Waals surface area contributed by atoms with Crippen LogP contribution in [0.2, 0.25) is 0 Å². The van der Waals surface area contributed by atoms with Gasteiger partial charge < -0.3 is 9.84 Å². The summed E-state index contributed by atoms with van der Waals surface area (Å²) in [5.41, 5.74) is 0.279. The van der Waals surface area contributed by atoms with E-state index in [9.17, 15) is 13.2 Å². The molecule has 0 bridgehead atoms. The third-order valence-corrected chi connectivity index (χ3v) is 4.58. The van der Waals surface area contributed by atoms with E-state index in [-0.39, 0.29) is 22.8 Å². The lowest BCUT2D eigenvalue weighted by atomic mass is 10.2. The van der Waals surface area contributed by atoms with E-state index >= 15 is 0 Å². The van der Waals surface area contributed by atoms with Gasteiger partial charge in [0.1, 0.15) is 12.4 Å². The maximum absolute atomic E-state index is 12.1. The number of hydrogen-bond acceptors (Lipinski definition) is 5. The molecule has 0 spiro atoms. The van der Waals surface area contributed by atoms with E-state index in [1.54, 1.807) is 25.1 Å². The van der Waals surface area contributed by atoms with Crippen LogP contribution in [0, 0.1) is 0 Å². The van der Waals surface area contributed by atoms with Gasteiger partial charge in [-0.2, -0.15) is 0 Å². The lowest BCUT2D eigenvalue weighted by Gasteiger charge is -2.14. The molecule has 0 aliphatic heterocycles. The van der Waals surface area contributed by atoms with Crippen molar-refractivity contribution < 1.29 is 23.1 Å². The lowest BCUT2D eigenvalue weighted by molar-refractivity contribution is 0.0481. The highest BCUT2D eigenvalue weighted by molar-refractivity contribution is 7.89. The van der Waals surface area contributed by atoms with Gasteiger partial charge in [0.15, 0.2) is 0 Å². The average Bonchev–Trinajstić information content (AvgIpc) is 2.54. The first-order valence-electron chi connectivity index (χ1n) is 6.92. The number of ether oxygens (including phenoxy) is 1. The number of aromatic hydroxyl groups is 1. The van der Waals surface area contributed by atoms with Crippen molar-refractivity contribution >= 4 is 16.0 Å². The number of esters is 1. The minimum Gasteiger partial charge on any atom is -0.508 e. The quantitative estimate of drug-likeness (QED) is 0.787. The Morgan fingerprint density at radius 3 is 2.35 bits per heavy atom. The van der Waals surface area contributed by atoms with Gasteiger partial charge in [0.2, 0.25) is 10.0 Å². The summed E-state index contributed by atoms with van der Waals surface area (Å²) in [5, 5.41) is 9.16. The van der Waals surface area contributed by atoms with Gasteiger partial charge in [-0.3, -0.25) is 0 Å². The van der Waals surface area contributed by atoms with E-state index in [0.29, 0.717) is 0 Å². The lowest BCUT2D eigenvalue weighted by Crippen LogP contribution is -2.36. The zero-order chi connectivity index (χ0) is 16.9. The van der Waals surface area contributed by atoms with Gasteiger partial charge in [-0.05, 0) is 43.3 Å². The molecular weight excluding hydrogens is 318 g/mol. The predicted molar refractivity (Wildman–Crippen MR) is 84.6 cm³/mol. The normalized spacial score (nSPS) is 12.6. The summed E-state index contributed by atoms with van der Waals surface area (Å²) in [7, 11) is -3.65. The third-order valence-electron chi connectivity index (χ3n) is 2.98. The molecule has 1 unspecified atom stereocenters. The van der Waals surface area contributed by atoms with Crippen LogP contribution in [0.25, 0.3) is 0 Å². The Balaban J connectivity index is 1.91. The van der Waals surface area contributed by atoms with Crippen molar-refractivity contribution in [2.24, 2.45) is 0 Å². The molecular formula is C16H17NO5S. The summed E-state index contributed by atoms with van der Waals surface area (Å²) in [4.78, 5) is 12.0. The number of hydrogen-bond donors (Lipinski definition) is 2. The van der Waals surface area contributed by atoms with E-state index in [0.717, 1.165) is 0 Å². The Kier molecular flexibility index (Phi) is 5.36. The largest absolute Gasteiger partial charge is 0.508 e. The second kappa shape index (κ2) is 7.26. The molecule has 0 aliphatic carbocycles. The second-order valence-electron chi connectivity index (χ2n) is 4.98. The van der Waals surface area contributed by atoms with Crippen molar-refractivity contribution in [3.8, 4) is 5.75 Å². The monoisotopic (exact) mass is 335 g/mol. The molecule has 0 heterocycles. The molecule has 2 rings (SSSR count). The van der Waals surface area contributed by atoms with E-state index in [4.69, 9.17) is 9.84 Å². The molecule has 2 aromatic rings. The maximum Gasteiger partial charge on any atom is 0.338 e. The summed E-state index contributed by atoms with van der Waals surface area (Å²) in [6.45, 7) is 1.50. The SMILES string of the molecule is CC(COC(=O)c1ccc(O)cc1)NS(=O)(=O)c1ccccc1. The molecule has 2 aromatic carbocycles. The van der Waals surface area contributed by atoms with Gasteiger partial charge in [-0.15, -0.1) is 0 Å². The number of phenols is 1. The standard InChI is InChI=1S/C16H17NO5S/c1-12(17-23(20,21)15-5-3-2-4-6-15)11-22-16(19)13-7-9-14(18)10-8-13/h2-10,12,17-18H,11H2,1H3. The molecule has 7 heteroatoms. The maximum atomic E-state index is 12.1. The molecule has 0 saturated heterocycles. The highest BCUT2D eigenvalue weighted by Gasteiger charge is 2.18. The van der Waals surface area contributed by atoms with E-state index in [1.807, 2.05) is 0 Å². The predicted octanol–water partition coefficient (Wildman–Crippen LogP) is 1.92. The minimum atomic E-state index is -3.65. The van der Waals surface area contributed by atoms with Crippen molar-refractivity contribution in [2.45, 2.75) is 17.9 Å². The number of sulfonamides is 1. The van der Waals surface area contributed by atoms with E-state index in [1.165, 1.54) is 36.4 Å². The van der Waals surface area contributed by atoms with Gasteiger partial charge in [-0.25, -0.2) is 17.9 Å². The first-order chi connectivity index (χ1) is 10.9. The molecule has 1 atom stereocenters. The van der Waals surface area contributed by atoms with Gasteiger partial charge in [0.05, 0.1) is 16.5 Å². The molecule has 0 saturated carbocycles. The van der Waals surface area contributed by atoms with Gasteiger partial charge in [0.25, 0.3) is 0 Å². The molecule has 0 aliphatic rings.